The molecule has 5 heteroatoms. The van der Waals surface area contributed by atoms with Crippen LogP contribution in [0, 0.1) is 0 Å². The molecule has 1 heterocycles. The second kappa shape index (κ2) is 4.98. The number of rotatable bonds is 2. The number of hydrogen-bond acceptors (Lipinski definition) is 3. The van der Waals surface area contributed by atoms with E-state index >= 15 is 0 Å². The molecule has 1 aromatic carbocycles. The summed E-state index contributed by atoms with van der Waals surface area (Å²) in [6, 6.07) is 8.67. The predicted octanol–water partition coefficient (Wildman–Crippen LogP) is 0.921. The van der Waals surface area contributed by atoms with E-state index in [1.54, 1.807) is 0 Å². The summed E-state index contributed by atoms with van der Waals surface area (Å²) in [6.07, 6.45) is 0. The van der Waals surface area contributed by atoms with Gasteiger partial charge >= 0.3 is 5.97 Å². The van der Waals surface area contributed by atoms with E-state index in [-0.39, 0.29) is 17.0 Å². The third-order valence-electron chi connectivity index (χ3n) is 3.05. The van der Waals surface area contributed by atoms with Gasteiger partial charge in [0.05, 0.1) is 5.25 Å². The lowest BCUT2D eigenvalue weighted by molar-refractivity contribution is -0.139. The Morgan fingerprint density at radius 2 is 2.06 bits per heavy atom. The van der Waals surface area contributed by atoms with Gasteiger partial charge in [-0.3, -0.25) is 14.3 Å². The van der Waals surface area contributed by atoms with E-state index in [2.05, 4.69) is 5.32 Å². The Morgan fingerprint density at radius 1 is 1.41 bits per heavy atom. The molecule has 1 fully saturated rings. The standard InChI is InChI=1S/C12H15NO3S/c1-8-11(9-5-3-2-4-6-9)13-10(12(14)15)7-17(8)16/h2-6,8,10-11,13H,7H2,1H3,(H,14,15). The Kier molecular flexibility index (Phi) is 3.59. The van der Waals surface area contributed by atoms with Crippen LogP contribution in [0.3, 0.4) is 0 Å². The molecule has 4 unspecified atom stereocenters. The molecule has 0 radical (unpaired) electrons. The minimum atomic E-state index is -1.11. The topological polar surface area (TPSA) is 66.4 Å². The highest BCUT2D eigenvalue weighted by Gasteiger charge is 2.36. The zero-order valence-electron chi connectivity index (χ0n) is 9.50. The first-order valence-corrected chi connectivity index (χ1v) is 6.89. The van der Waals surface area contributed by atoms with Crippen LogP contribution < -0.4 is 5.32 Å². The van der Waals surface area contributed by atoms with E-state index in [1.165, 1.54) is 0 Å². The van der Waals surface area contributed by atoms with Crippen molar-refractivity contribution in [3.05, 3.63) is 35.9 Å². The van der Waals surface area contributed by atoms with Crippen LogP contribution in [0.1, 0.15) is 18.5 Å². The molecule has 1 aliphatic heterocycles. The molecule has 0 spiro atoms. The summed E-state index contributed by atoms with van der Waals surface area (Å²) in [7, 11) is -1.11. The smallest absolute Gasteiger partial charge is 0.321 e. The van der Waals surface area contributed by atoms with Gasteiger partial charge in [-0.1, -0.05) is 30.3 Å². The number of hydrogen-bond donors (Lipinski definition) is 2. The van der Waals surface area contributed by atoms with Gasteiger partial charge in [-0.05, 0) is 12.5 Å². The highest BCUT2D eigenvalue weighted by molar-refractivity contribution is 7.85. The van der Waals surface area contributed by atoms with Crippen molar-refractivity contribution < 1.29 is 14.1 Å². The average molecular weight is 253 g/mol. The number of nitrogens with one attached hydrogen (secondary N) is 1. The Hall–Kier alpha value is -1.20. The molecule has 0 bridgehead atoms. The van der Waals surface area contributed by atoms with Gasteiger partial charge in [-0.15, -0.1) is 0 Å². The number of carbonyl (C=O) groups is 1. The van der Waals surface area contributed by atoms with Crippen LogP contribution in [0.25, 0.3) is 0 Å². The van der Waals surface area contributed by atoms with Crippen LogP contribution in [0.4, 0.5) is 0 Å². The Morgan fingerprint density at radius 3 is 2.65 bits per heavy atom. The van der Waals surface area contributed by atoms with Crippen molar-refractivity contribution in [1.82, 2.24) is 5.32 Å². The minimum Gasteiger partial charge on any atom is -0.480 e. The number of carboxylic acids is 1. The normalized spacial score (nSPS) is 33.2. The van der Waals surface area contributed by atoms with Crippen molar-refractivity contribution in [2.24, 2.45) is 0 Å². The maximum atomic E-state index is 11.9. The molecule has 2 rings (SSSR count). The second-order valence-corrected chi connectivity index (χ2v) is 6.04. The van der Waals surface area contributed by atoms with Gasteiger partial charge < -0.3 is 5.11 Å². The van der Waals surface area contributed by atoms with Crippen molar-refractivity contribution in [3.8, 4) is 0 Å². The van der Waals surface area contributed by atoms with Crippen LogP contribution in [0.15, 0.2) is 30.3 Å². The van der Waals surface area contributed by atoms with Crippen molar-refractivity contribution >= 4 is 16.8 Å². The van der Waals surface area contributed by atoms with Crippen LogP contribution >= 0.6 is 0 Å². The Bertz CT molecular complexity index is 435. The molecule has 0 amide bonds. The third-order valence-corrected chi connectivity index (χ3v) is 4.82. The van der Waals surface area contributed by atoms with Gasteiger partial charge in [0, 0.05) is 22.6 Å². The van der Waals surface area contributed by atoms with Crippen molar-refractivity contribution in [2.75, 3.05) is 5.75 Å². The number of benzene rings is 1. The van der Waals surface area contributed by atoms with Crippen molar-refractivity contribution in [1.29, 1.82) is 0 Å². The molecule has 92 valence electrons. The SMILES string of the molecule is CC1C(c2ccccc2)NC(C(=O)O)CS1=O. The summed E-state index contributed by atoms with van der Waals surface area (Å²) < 4.78 is 11.9. The summed E-state index contributed by atoms with van der Waals surface area (Å²) in [4.78, 5) is 11.0. The van der Waals surface area contributed by atoms with Gasteiger partial charge in [-0.25, -0.2) is 0 Å². The first kappa shape index (κ1) is 12.3. The van der Waals surface area contributed by atoms with Gasteiger partial charge in [0.25, 0.3) is 0 Å². The van der Waals surface area contributed by atoms with E-state index in [0.717, 1.165) is 5.56 Å². The molecule has 1 aliphatic rings. The Labute approximate surface area is 102 Å². The second-order valence-electron chi connectivity index (χ2n) is 4.20. The van der Waals surface area contributed by atoms with E-state index < -0.39 is 22.8 Å². The molecule has 0 aromatic heterocycles. The van der Waals surface area contributed by atoms with Gasteiger partial charge in [0.1, 0.15) is 6.04 Å². The molecular weight excluding hydrogens is 238 g/mol. The quantitative estimate of drug-likeness (QED) is 0.822. The molecule has 0 aliphatic carbocycles. The summed E-state index contributed by atoms with van der Waals surface area (Å²) >= 11 is 0. The van der Waals surface area contributed by atoms with Crippen LogP contribution in [0.2, 0.25) is 0 Å². The fourth-order valence-corrected chi connectivity index (χ4v) is 3.45. The molecule has 4 nitrogen and oxygen atoms in total. The van der Waals surface area contributed by atoms with Crippen LogP contribution in [-0.2, 0) is 15.6 Å². The fraction of sp³-hybridized carbons (Fsp3) is 0.417. The average Bonchev–Trinajstić information content (AvgIpc) is 2.33. The molecule has 2 N–H and O–H groups in total. The largest absolute Gasteiger partial charge is 0.480 e. The molecule has 1 saturated heterocycles. The van der Waals surface area contributed by atoms with Crippen LogP contribution in [-0.4, -0.2) is 32.3 Å². The lowest BCUT2D eigenvalue weighted by Crippen LogP contribution is -2.52. The molecular formula is C12H15NO3S. The highest BCUT2D eigenvalue weighted by Crippen LogP contribution is 2.25. The van der Waals surface area contributed by atoms with Gasteiger partial charge in [0.2, 0.25) is 0 Å². The van der Waals surface area contributed by atoms with Gasteiger partial charge in [-0.2, -0.15) is 0 Å². The summed E-state index contributed by atoms with van der Waals surface area (Å²) in [5, 5.41) is 12.0. The van der Waals surface area contributed by atoms with E-state index in [1.807, 2.05) is 37.3 Å². The molecule has 17 heavy (non-hydrogen) atoms. The summed E-state index contributed by atoms with van der Waals surface area (Å²) in [5.41, 5.74) is 0.985. The number of carboxylic acid groups (broad SMARTS) is 1. The van der Waals surface area contributed by atoms with Crippen LogP contribution in [0.5, 0.6) is 0 Å². The summed E-state index contributed by atoms with van der Waals surface area (Å²) in [6.45, 7) is 1.89. The Balaban J connectivity index is 2.26. The maximum Gasteiger partial charge on any atom is 0.321 e. The maximum absolute atomic E-state index is 11.9. The highest BCUT2D eigenvalue weighted by atomic mass is 32.2. The predicted molar refractivity (Wildman–Crippen MR) is 66.2 cm³/mol. The first-order valence-electron chi connectivity index (χ1n) is 5.50. The van der Waals surface area contributed by atoms with E-state index in [9.17, 15) is 9.00 Å². The summed E-state index contributed by atoms with van der Waals surface area (Å²) in [5.74, 6) is -0.758. The van der Waals surface area contributed by atoms with Gasteiger partial charge in [0.15, 0.2) is 0 Å². The third kappa shape index (κ3) is 2.56. The zero-order chi connectivity index (χ0) is 12.4. The lowest BCUT2D eigenvalue weighted by Gasteiger charge is -2.33. The van der Waals surface area contributed by atoms with Crippen molar-refractivity contribution in [2.45, 2.75) is 24.3 Å². The lowest BCUT2D eigenvalue weighted by atomic mass is 10.0. The molecule has 0 saturated carbocycles. The molecule has 4 atom stereocenters. The monoisotopic (exact) mass is 253 g/mol. The first-order chi connectivity index (χ1) is 8.09. The van der Waals surface area contributed by atoms with Crippen molar-refractivity contribution in [3.63, 3.8) is 0 Å². The molecule has 1 aromatic rings. The zero-order valence-corrected chi connectivity index (χ0v) is 10.3. The fourth-order valence-electron chi connectivity index (χ4n) is 2.04. The minimum absolute atomic E-state index is 0.0759. The van der Waals surface area contributed by atoms with E-state index in [4.69, 9.17) is 5.11 Å². The van der Waals surface area contributed by atoms with E-state index in [0.29, 0.717) is 0 Å². The number of aliphatic carboxylic acids is 1.